The molecule has 0 saturated carbocycles. The monoisotopic (exact) mass is 386 g/mol. The van der Waals surface area contributed by atoms with Gasteiger partial charge in [-0.15, -0.1) is 0 Å². The fourth-order valence-corrected chi connectivity index (χ4v) is 3.49. The van der Waals surface area contributed by atoms with Crippen molar-refractivity contribution in [2.24, 2.45) is 0 Å². The second-order valence-electron chi connectivity index (χ2n) is 7.20. The number of aryl methyl sites for hydroxylation is 2. The number of hydrogen-bond acceptors (Lipinski definition) is 3. The fraction of sp³-hybridized carbons (Fsp3) is 0.167. The van der Waals surface area contributed by atoms with E-state index in [0.717, 1.165) is 27.9 Å². The molecule has 5 nitrogen and oxygen atoms in total. The van der Waals surface area contributed by atoms with Gasteiger partial charge in [0.1, 0.15) is 5.75 Å². The van der Waals surface area contributed by atoms with Crippen molar-refractivity contribution >= 4 is 23.2 Å². The number of nitrogens with one attached hydrogen (secondary N) is 1. The standard InChI is InChI=1S/C24H22N2O3/c1-16-7-12-22(17(2)13-16)29-15-23(27)25-19-8-10-20(11-9-19)26-14-18-5-3-4-6-21(18)24(26)28/h3-13H,14-15H2,1-2H3,(H,25,27). The Morgan fingerprint density at radius 1 is 1.03 bits per heavy atom. The zero-order valence-corrected chi connectivity index (χ0v) is 16.4. The van der Waals surface area contributed by atoms with Gasteiger partial charge in [0.15, 0.2) is 6.61 Å². The van der Waals surface area contributed by atoms with Gasteiger partial charge in [-0.2, -0.15) is 0 Å². The summed E-state index contributed by atoms with van der Waals surface area (Å²) >= 11 is 0. The van der Waals surface area contributed by atoms with E-state index in [1.54, 1.807) is 17.0 Å². The van der Waals surface area contributed by atoms with Gasteiger partial charge in [-0.05, 0) is 61.4 Å². The van der Waals surface area contributed by atoms with Crippen LogP contribution in [-0.2, 0) is 11.3 Å². The quantitative estimate of drug-likeness (QED) is 0.703. The van der Waals surface area contributed by atoms with Crippen LogP contribution in [0.15, 0.2) is 66.7 Å². The molecule has 4 rings (SSSR count). The van der Waals surface area contributed by atoms with Crippen molar-refractivity contribution in [3.05, 3.63) is 89.0 Å². The van der Waals surface area contributed by atoms with Gasteiger partial charge in [-0.1, -0.05) is 35.9 Å². The first-order valence-electron chi connectivity index (χ1n) is 9.51. The number of amides is 2. The van der Waals surface area contributed by atoms with Crippen LogP contribution in [0.5, 0.6) is 5.75 Å². The Balaban J connectivity index is 1.36. The lowest BCUT2D eigenvalue weighted by atomic mass is 10.1. The van der Waals surface area contributed by atoms with E-state index in [9.17, 15) is 9.59 Å². The van der Waals surface area contributed by atoms with Gasteiger partial charge in [0.2, 0.25) is 0 Å². The maximum absolute atomic E-state index is 12.6. The molecule has 0 saturated heterocycles. The molecule has 1 aliphatic heterocycles. The number of rotatable bonds is 5. The minimum absolute atomic E-state index is 0.000691. The highest BCUT2D eigenvalue weighted by Gasteiger charge is 2.27. The largest absolute Gasteiger partial charge is 0.483 e. The van der Waals surface area contributed by atoms with Gasteiger partial charge in [0.05, 0.1) is 6.54 Å². The maximum Gasteiger partial charge on any atom is 0.262 e. The molecule has 0 aliphatic carbocycles. The Bertz CT molecular complexity index is 1070. The van der Waals surface area contributed by atoms with Crippen LogP contribution in [0.25, 0.3) is 0 Å². The van der Waals surface area contributed by atoms with Gasteiger partial charge < -0.3 is 15.0 Å². The zero-order valence-electron chi connectivity index (χ0n) is 16.4. The summed E-state index contributed by atoms with van der Waals surface area (Å²) in [5, 5.41) is 2.82. The van der Waals surface area contributed by atoms with Gasteiger partial charge in [-0.3, -0.25) is 9.59 Å². The number of hydrogen-bond donors (Lipinski definition) is 1. The zero-order chi connectivity index (χ0) is 20.4. The highest BCUT2D eigenvalue weighted by atomic mass is 16.5. The van der Waals surface area contributed by atoms with Crippen molar-refractivity contribution in [3.8, 4) is 5.75 Å². The van der Waals surface area contributed by atoms with Crippen LogP contribution in [0, 0.1) is 13.8 Å². The van der Waals surface area contributed by atoms with Crippen LogP contribution in [0.1, 0.15) is 27.0 Å². The van der Waals surface area contributed by atoms with E-state index >= 15 is 0 Å². The molecule has 3 aromatic rings. The molecule has 1 heterocycles. The molecule has 0 spiro atoms. The molecule has 0 radical (unpaired) electrons. The third kappa shape index (κ3) is 3.99. The minimum Gasteiger partial charge on any atom is -0.483 e. The van der Waals surface area contributed by atoms with Crippen molar-refractivity contribution in [3.63, 3.8) is 0 Å². The molecule has 0 atom stereocenters. The average molecular weight is 386 g/mol. The van der Waals surface area contributed by atoms with Crippen LogP contribution in [0.2, 0.25) is 0 Å². The molecule has 5 heteroatoms. The number of benzene rings is 3. The maximum atomic E-state index is 12.6. The van der Waals surface area contributed by atoms with E-state index in [1.807, 2.05) is 68.4 Å². The molecule has 0 fully saturated rings. The summed E-state index contributed by atoms with van der Waals surface area (Å²) in [7, 11) is 0. The molecular formula is C24H22N2O3. The van der Waals surface area contributed by atoms with Gasteiger partial charge in [0.25, 0.3) is 11.8 Å². The average Bonchev–Trinajstić information content (AvgIpc) is 3.05. The van der Waals surface area contributed by atoms with Crippen molar-refractivity contribution < 1.29 is 14.3 Å². The van der Waals surface area contributed by atoms with Crippen molar-refractivity contribution in [1.29, 1.82) is 0 Å². The SMILES string of the molecule is Cc1ccc(OCC(=O)Nc2ccc(N3Cc4ccccc4C3=O)cc2)c(C)c1. The summed E-state index contributed by atoms with van der Waals surface area (Å²) in [6.45, 7) is 4.47. The highest BCUT2D eigenvalue weighted by molar-refractivity contribution is 6.10. The molecular weight excluding hydrogens is 364 g/mol. The van der Waals surface area contributed by atoms with Gasteiger partial charge in [0, 0.05) is 16.9 Å². The third-order valence-corrected chi connectivity index (χ3v) is 4.97. The molecule has 0 unspecified atom stereocenters. The first kappa shape index (κ1) is 18.7. The smallest absolute Gasteiger partial charge is 0.262 e. The van der Waals surface area contributed by atoms with Crippen LogP contribution in [0.3, 0.4) is 0 Å². The molecule has 0 aromatic heterocycles. The Labute approximate surface area is 169 Å². The Hall–Kier alpha value is -3.60. The summed E-state index contributed by atoms with van der Waals surface area (Å²) in [5.74, 6) is 0.467. The Kier molecular flexibility index (Phi) is 5.04. The van der Waals surface area contributed by atoms with Crippen molar-refractivity contribution in [2.45, 2.75) is 20.4 Å². The third-order valence-electron chi connectivity index (χ3n) is 4.97. The fourth-order valence-electron chi connectivity index (χ4n) is 3.49. The topological polar surface area (TPSA) is 58.6 Å². The van der Waals surface area contributed by atoms with Crippen LogP contribution >= 0.6 is 0 Å². The lowest BCUT2D eigenvalue weighted by Gasteiger charge is -2.16. The highest BCUT2D eigenvalue weighted by Crippen LogP contribution is 2.29. The van der Waals surface area contributed by atoms with Gasteiger partial charge >= 0.3 is 0 Å². The van der Waals surface area contributed by atoms with Crippen LogP contribution < -0.4 is 15.0 Å². The predicted molar refractivity (Wildman–Crippen MR) is 113 cm³/mol. The molecule has 0 bridgehead atoms. The van der Waals surface area contributed by atoms with E-state index in [-0.39, 0.29) is 18.4 Å². The lowest BCUT2D eigenvalue weighted by molar-refractivity contribution is -0.118. The summed E-state index contributed by atoms with van der Waals surface area (Å²) < 4.78 is 5.62. The normalized spacial score (nSPS) is 12.6. The molecule has 146 valence electrons. The number of carbonyl (C=O) groups is 2. The number of fused-ring (bicyclic) bond motifs is 1. The molecule has 3 aromatic carbocycles. The predicted octanol–water partition coefficient (Wildman–Crippen LogP) is 4.48. The van der Waals surface area contributed by atoms with E-state index in [1.165, 1.54) is 0 Å². The van der Waals surface area contributed by atoms with Gasteiger partial charge in [-0.25, -0.2) is 0 Å². The summed E-state index contributed by atoms with van der Waals surface area (Å²) in [4.78, 5) is 26.5. The van der Waals surface area contributed by atoms with E-state index in [2.05, 4.69) is 5.32 Å². The minimum atomic E-state index is -0.234. The first-order chi connectivity index (χ1) is 14.0. The second-order valence-corrected chi connectivity index (χ2v) is 7.20. The molecule has 1 N–H and O–H groups in total. The second kappa shape index (κ2) is 7.80. The van der Waals surface area contributed by atoms with E-state index < -0.39 is 0 Å². The summed E-state index contributed by atoms with van der Waals surface area (Å²) in [6.07, 6.45) is 0. The summed E-state index contributed by atoms with van der Waals surface area (Å²) in [6, 6.07) is 20.7. The first-order valence-corrected chi connectivity index (χ1v) is 9.51. The number of carbonyl (C=O) groups excluding carboxylic acids is 2. The number of nitrogens with zero attached hydrogens (tertiary/aromatic N) is 1. The number of anilines is 2. The summed E-state index contributed by atoms with van der Waals surface area (Å²) in [5.41, 5.74) is 5.38. The Morgan fingerprint density at radius 3 is 2.52 bits per heavy atom. The van der Waals surface area contributed by atoms with Crippen LogP contribution in [-0.4, -0.2) is 18.4 Å². The van der Waals surface area contributed by atoms with Crippen molar-refractivity contribution in [2.75, 3.05) is 16.8 Å². The van der Waals surface area contributed by atoms with Crippen LogP contribution in [0.4, 0.5) is 11.4 Å². The van der Waals surface area contributed by atoms with E-state index in [4.69, 9.17) is 4.74 Å². The Morgan fingerprint density at radius 2 is 1.79 bits per heavy atom. The molecule has 1 aliphatic rings. The lowest BCUT2D eigenvalue weighted by Crippen LogP contribution is -2.23. The number of ether oxygens (including phenoxy) is 1. The molecule has 29 heavy (non-hydrogen) atoms. The van der Waals surface area contributed by atoms with E-state index in [0.29, 0.717) is 18.0 Å². The van der Waals surface area contributed by atoms with Crippen molar-refractivity contribution in [1.82, 2.24) is 0 Å². The molecule has 2 amide bonds.